The Bertz CT molecular complexity index is 629. The molecule has 3 rings (SSSR count). The number of hydrogen-bond donors (Lipinski definition) is 2. The molecule has 23 heavy (non-hydrogen) atoms. The first-order chi connectivity index (χ1) is 11.2. The number of hydrogen-bond acceptors (Lipinski definition) is 5. The third kappa shape index (κ3) is 4.75. The molecule has 3 nitrogen and oxygen atoms in total. The summed E-state index contributed by atoms with van der Waals surface area (Å²) in [6.07, 6.45) is 8.99. The Morgan fingerprint density at radius 2 is 2.00 bits per heavy atom. The van der Waals surface area contributed by atoms with Gasteiger partial charge in [-0.05, 0) is 36.9 Å². The number of rotatable bonds is 5. The fourth-order valence-electron chi connectivity index (χ4n) is 2.73. The number of nitrogens with zero attached hydrogens (tertiary/aromatic N) is 1. The van der Waals surface area contributed by atoms with Gasteiger partial charge in [-0.1, -0.05) is 37.3 Å². The fourth-order valence-corrected chi connectivity index (χ4v) is 4.29. The highest BCUT2D eigenvalue weighted by Crippen LogP contribution is 2.33. The number of halogens is 2. The highest BCUT2D eigenvalue weighted by atomic mass is 35.5. The maximum Gasteiger partial charge on any atom is 0.192 e. The summed E-state index contributed by atoms with van der Waals surface area (Å²) in [7, 11) is 0. The Morgan fingerprint density at radius 1 is 1.22 bits per heavy atom. The van der Waals surface area contributed by atoms with Crippen molar-refractivity contribution in [2.75, 3.05) is 10.0 Å². The van der Waals surface area contributed by atoms with E-state index in [0.717, 1.165) is 18.0 Å². The van der Waals surface area contributed by atoms with Gasteiger partial charge in [0.25, 0.3) is 0 Å². The highest BCUT2D eigenvalue weighted by Gasteiger charge is 2.15. The lowest BCUT2D eigenvalue weighted by Gasteiger charge is -2.19. The first kappa shape index (κ1) is 16.9. The van der Waals surface area contributed by atoms with Crippen LogP contribution in [0.5, 0.6) is 0 Å². The minimum absolute atomic E-state index is 0.278. The molecule has 2 N–H and O–H groups in total. The molecule has 1 aromatic carbocycles. The van der Waals surface area contributed by atoms with Gasteiger partial charge in [0.2, 0.25) is 0 Å². The third-order valence-electron chi connectivity index (χ3n) is 3.92. The molecule has 2 aromatic rings. The van der Waals surface area contributed by atoms with Crippen LogP contribution in [-0.4, -0.2) is 11.0 Å². The molecule has 0 radical (unpaired) electrons. The first-order valence-electron chi connectivity index (χ1n) is 7.80. The zero-order chi connectivity index (χ0) is 16.1. The lowest BCUT2D eigenvalue weighted by molar-refractivity contribution is 0.597. The number of nitrogens with one attached hydrogen (secondary N) is 2. The molecular formula is C16H19ClFN3S2. The maximum atomic E-state index is 14.3. The van der Waals surface area contributed by atoms with Crippen LogP contribution in [0.25, 0.3) is 0 Å². The summed E-state index contributed by atoms with van der Waals surface area (Å²) in [5.41, 5.74) is 0.690. The maximum absolute atomic E-state index is 14.3. The Balaban J connectivity index is 1.66. The van der Waals surface area contributed by atoms with Crippen molar-refractivity contribution in [2.45, 2.75) is 49.5 Å². The molecule has 0 saturated heterocycles. The molecule has 1 saturated carbocycles. The van der Waals surface area contributed by atoms with E-state index in [1.165, 1.54) is 55.0 Å². The molecule has 1 aromatic heterocycles. The van der Waals surface area contributed by atoms with Gasteiger partial charge in [0.1, 0.15) is 5.82 Å². The standard InChI is InChI=1S/C16H19ClFN3S2/c17-12-9-15(23-21-16-19-7-8-22-16)13(18)10-14(12)20-11-5-3-1-2-4-6-11/h7-11,20H,1-6H2,(H,19,21). The Kier molecular flexibility index (Phi) is 6.02. The van der Waals surface area contributed by atoms with Crippen LogP contribution in [0.3, 0.4) is 0 Å². The summed E-state index contributed by atoms with van der Waals surface area (Å²) in [6.45, 7) is 0. The van der Waals surface area contributed by atoms with E-state index >= 15 is 0 Å². The molecule has 0 aliphatic heterocycles. The molecule has 1 fully saturated rings. The molecule has 1 aliphatic carbocycles. The molecule has 1 aliphatic rings. The van der Waals surface area contributed by atoms with Crippen LogP contribution in [-0.2, 0) is 0 Å². The van der Waals surface area contributed by atoms with Crippen molar-refractivity contribution in [3.63, 3.8) is 0 Å². The average molecular weight is 372 g/mol. The second-order valence-electron chi connectivity index (χ2n) is 5.64. The molecule has 0 unspecified atom stereocenters. The van der Waals surface area contributed by atoms with Gasteiger partial charge in [-0.15, -0.1) is 11.3 Å². The molecule has 0 bridgehead atoms. The normalized spacial score (nSPS) is 16.1. The largest absolute Gasteiger partial charge is 0.381 e. The Hall–Kier alpha value is -0.980. The predicted octanol–water partition coefficient (Wildman–Crippen LogP) is 6.19. The van der Waals surface area contributed by atoms with E-state index in [2.05, 4.69) is 15.0 Å². The number of anilines is 2. The predicted molar refractivity (Wildman–Crippen MR) is 98.1 cm³/mol. The third-order valence-corrected chi connectivity index (χ3v) is 5.88. The van der Waals surface area contributed by atoms with Crippen molar-refractivity contribution in [3.05, 3.63) is 34.5 Å². The van der Waals surface area contributed by atoms with Crippen molar-refractivity contribution in [1.82, 2.24) is 4.98 Å². The van der Waals surface area contributed by atoms with Gasteiger partial charge in [-0.2, -0.15) is 0 Å². The van der Waals surface area contributed by atoms with E-state index in [9.17, 15) is 4.39 Å². The topological polar surface area (TPSA) is 37.0 Å². The quantitative estimate of drug-likeness (QED) is 0.485. The second-order valence-corrected chi connectivity index (χ2v) is 7.79. The van der Waals surface area contributed by atoms with Gasteiger partial charge in [-0.3, -0.25) is 0 Å². The number of thiazole rings is 1. The summed E-state index contributed by atoms with van der Waals surface area (Å²) in [6, 6.07) is 3.56. The van der Waals surface area contributed by atoms with Crippen LogP contribution < -0.4 is 10.0 Å². The van der Waals surface area contributed by atoms with Gasteiger partial charge in [0, 0.05) is 17.6 Å². The lowest BCUT2D eigenvalue weighted by atomic mass is 10.1. The monoisotopic (exact) mass is 371 g/mol. The van der Waals surface area contributed by atoms with Crippen molar-refractivity contribution < 1.29 is 4.39 Å². The summed E-state index contributed by atoms with van der Waals surface area (Å²) in [4.78, 5) is 4.58. The smallest absolute Gasteiger partial charge is 0.192 e. The van der Waals surface area contributed by atoms with E-state index < -0.39 is 0 Å². The van der Waals surface area contributed by atoms with E-state index in [-0.39, 0.29) is 5.82 Å². The summed E-state index contributed by atoms with van der Waals surface area (Å²) >= 11 is 9.00. The molecular weight excluding hydrogens is 353 g/mol. The fraction of sp³-hybridized carbons (Fsp3) is 0.438. The van der Waals surface area contributed by atoms with Crippen molar-refractivity contribution in [1.29, 1.82) is 0 Å². The molecule has 1 heterocycles. The van der Waals surface area contributed by atoms with Crippen LogP contribution in [0.1, 0.15) is 38.5 Å². The van der Waals surface area contributed by atoms with Gasteiger partial charge < -0.3 is 10.0 Å². The summed E-state index contributed by atoms with van der Waals surface area (Å²) < 4.78 is 17.3. The van der Waals surface area contributed by atoms with Gasteiger partial charge in [-0.25, -0.2) is 9.37 Å². The number of aromatic nitrogens is 1. The Morgan fingerprint density at radius 3 is 2.70 bits per heavy atom. The van der Waals surface area contributed by atoms with Gasteiger partial charge in [0.05, 0.1) is 15.6 Å². The van der Waals surface area contributed by atoms with E-state index in [1.807, 2.05) is 5.38 Å². The van der Waals surface area contributed by atoms with Crippen LogP contribution in [0.15, 0.2) is 28.6 Å². The van der Waals surface area contributed by atoms with Crippen LogP contribution >= 0.6 is 34.9 Å². The molecule has 7 heteroatoms. The van der Waals surface area contributed by atoms with Gasteiger partial charge >= 0.3 is 0 Å². The highest BCUT2D eigenvalue weighted by molar-refractivity contribution is 8.00. The first-order valence-corrected chi connectivity index (χ1v) is 9.88. The summed E-state index contributed by atoms with van der Waals surface area (Å²) in [5, 5.41) is 6.58. The van der Waals surface area contributed by atoms with Crippen LogP contribution in [0.2, 0.25) is 5.02 Å². The molecule has 0 atom stereocenters. The zero-order valence-corrected chi connectivity index (χ0v) is 15.0. The van der Waals surface area contributed by atoms with E-state index in [1.54, 1.807) is 12.3 Å². The number of benzene rings is 1. The molecule has 0 amide bonds. The lowest BCUT2D eigenvalue weighted by Crippen LogP contribution is -2.18. The van der Waals surface area contributed by atoms with E-state index in [4.69, 9.17) is 11.6 Å². The SMILES string of the molecule is Fc1cc(NC2CCCCCC2)c(Cl)cc1SNc1nccs1. The van der Waals surface area contributed by atoms with Crippen molar-refractivity contribution in [3.8, 4) is 0 Å². The van der Waals surface area contributed by atoms with Crippen LogP contribution in [0.4, 0.5) is 15.2 Å². The van der Waals surface area contributed by atoms with Gasteiger partial charge in [0.15, 0.2) is 5.13 Å². The second kappa shape index (κ2) is 8.22. The average Bonchev–Trinajstić information content (AvgIpc) is 2.93. The van der Waals surface area contributed by atoms with Crippen molar-refractivity contribution >= 4 is 45.7 Å². The molecule has 124 valence electrons. The minimum atomic E-state index is -0.278. The minimum Gasteiger partial charge on any atom is -0.381 e. The van der Waals surface area contributed by atoms with Crippen LogP contribution in [0, 0.1) is 5.82 Å². The van der Waals surface area contributed by atoms with Crippen molar-refractivity contribution in [2.24, 2.45) is 0 Å². The molecule has 0 spiro atoms. The Labute approximate surface area is 149 Å². The zero-order valence-electron chi connectivity index (χ0n) is 12.6. The van der Waals surface area contributed by atoms with E-state index in [0.29, 0.717) is 21.6 Å². The summed E-state index contributed by atoms with van der Waals surface area (Å²) in [5.74, 6) is -0.278.